The number of ether oxygens (including phenoxy) is 3. The molecule has 0 spiro atoms. The molecule has 26 nitrogen and oxygen atoms in total. The highest BCUT2D eigenvalue weighted by atomic mass is 35.5. The van der Waals surface area contributed by atoms with Crippen LogP contribution in [0, 0.1) is 65.2 Å². The molecule has 4 aromatic heterocycles. The van der Waals surface area contributed by atoms with E-state index < -0.39 is 78.0 Å². The van der Waals surface area contributed by atoms with Crippen molar-refractivity contribution in [3.8, 4) is 11.5 Å². The van der Waals surface area contributed by atoms with E-state index in [0.717, 1.165) is 23.7 Å². The standard InChI is InChI=1S/C33H42N6O7.C25H33ClN4O5.C8H10N2O2/c1-17(2)13-25(39-32(43)26-15-22-23(37-26)10-7-11-28(22)45-6)31(42)38-24(14-21-9-8-12-34-30(21)41)27(40)16-46-33(44)29-18(3)35-20(5)36-19(29)4;1-14(2)10-19(30-25(34)20-12-16-17(28-20)7-4-8-22(16)35-3)24(33)29-18(21(31)13-26)11-15-6-5-9-27-23(15)32;1-4-7(8(11)12)5(2)10-6(3)9-4/h7,10-11,15,17,21,24-25,37H,8-9,12-14,16H2,1-6H3,(H,34,41)(H,38,42)(H,39,43);4,7-8,12,14-15,18-19,28H,5-6,9-11,13H2,1-3H3,(H,27,32)(H,29,33)(H,30,34);1-3H3,(H,11,12)/t21-,24-,25-;15-,18-,19-;/m00./s1. The van der Waals surface area contributed by atoms with Crippen LogP contribution in [0.25, 0.3) is 21.8 Å². The molecule has 0 bridgehead atoms. The summed E-state index contributed by atoms with van der Waals surface area (Å²) in [7, 11) is 3.10. The van der Waals surface area contributed by atoms with Crippen LogP contribution in [0.4, 0.5) is 0 Å². The largest absolute Gasteiger partial charge is 0.496 e. The summed E-state index contributed by atoms with van der Waals surface area (Å²) in [6.45, 7) is 18.3. The minimum Gasteiger partial charge on any atom is -0.496 e. The van der Waals surface area contributed by atoms with E-state index in [4.69, 9.17) is 30.9 Å². The van der Waals surface area contributed by atoms with Gasteiger partial charge in [-0.1, -0.05) is 39.8 Å². The number of amides is 6. The highest BCUT2D eigenvalue weighted by molar-refractivity contribution is 6.28. The Morgan fingerprint density at radius 1 is 0.581 bits per heavy atom. The molecule has 0 unspecified atom stereocenters. The highest BCUT2D eigenvalue weighted by Crippen LogP contribution is 2.28. The van der Waals surface area contributed by atoms with Crippen molar-refractivity contribution in [3.63, 3.8) is 0 Å². The molecule has 6 atom stereocenters. The van der Waals surface area contributed by atoms with Gasteiger partial charge in [0.2, 0.25) is 23.6 Å². The van der Waals surface area contributed by atoms with Crippen molar-refractivity contribution in [3.05, 3.63) is 105 Å². The van der Waals surface area contributed by atoms with E-state index in [1.54, 1.807) is 86.1 Å². The SMILES string of the molecule is COc1cccc2[nH]c(C(=O)N[C@@H](CC(C)C)C(=O)N[C@@H](C[C@@H]3CCCNC3=O)C(=O)CCl)cc12.COc1cccc2[nH]c(C(=O)N[C@@H](CC(C)C)C(=O)N[C@@H](C[C@@H]3CCCNC3=O)C(=O)COC(=O)c3c(C)nc(C)nc3C)cc12.Cc1nc(C)c(C(=O)O)c(C)n1. The maximum Gasteiger partial charge on any atom is 0.342 e. The van der Waals surface area contributed by atoms with Gasteiger partial charge in [-0.3, -0.25) is 38.4 Å². The quantitative estimate of drug-likeness (QED) is 0.0218. The number of benzene rings is 2. The van der Waals surface area contributed by atoms with Crippen LogP contribution in [-0.4, -0.2) is 158 Å². The van der Waals surface area contributed by atoms with Crippen LogP contribution >= 0.6 is 11.6 Å². The second-order valence-corrected chi connectivity index (χ2v) is 24.2. The molecule has 93 heavy (non-hydrogen) atoms. The Balaban J connectivity index is 0.000000256. The third-order valence-electron chi connectivity index (χ3n) is 15.7. The number of alkyl halides is 1. The molecule has 0 saturated carbocycles. The third kappa shape index (κ3) is 20.1. The van der Waals surface area contributed by atoms with Crippen molar-refractivity contribution in [2.45, 2.75) is 145 Å². The molecule has 6 heterocycles. The summed E-state index contributed by atoms with van der Waals surface area (Å²) in [6, 6.07) is 10.2. The number of methoxy groups -OCH3 is 2. The number of ketones is 2. The highest BCUT2D eigenvalue weighted by Gasteiger charge is 2.35. The number of fused-ring (bicyclic) bond motifs is 2. The minimum atomic E-state index is -1.14. The molecular formula is C66H85ClN12O14. The predicted octanol–water partition coefficient (Wildman–Crippen LogP) is 6.49. The lowest BCUT2D eigenvalue weighted by Crippen LogP contribution is -2.54. The number of carbonyl (C=O) groups excluding carboxylic acids is 9. The Bertz CT molecular complexity index is 3690. The van der Waals surface area contributed by atoms with Gasteiger partial charge in [-0.25, -0.2) is 29.5 Å². The molecule has 2 fully saturated rings. The molecular weight excluding hydrogens is 1220 g/mol. The molecule has 500 valence electrons. The Hall–Kier alpha value is -9.33. The number of aromatic amines is 2. The van der Waals surface area contributed by atoms with Crippen molar-refractivity contribution in [1.82, 2.24) is 61.8 Å². The van der Waals surface area contributed by atoms with Crippen molar-refractivity contribution in [2.75, 3.05) is 39.8 Å². The van der Waals surface area contributed by atoms with E-state index in [0.29, 0.717) is 94.9 Å². The summed E-state index contributed by atoms with van der Waals surface area (Å²) >= 11 is 5.79. The fraction of sp³-hybridized carbons (Fsp3) is 0.485. The summed E-state index contributed by atoms with van der Waals surface area (Å²) < 4.78 is 16.1. The van der Waals surface area contributed by atoms with Gasteiger partial charge in [0.15, 0.2) is 18.2 Å². The zero-order valence-electron chi connectivity index (χ0n) is 54.6. The van der Waals surface area contributed by atoms with Crippen molar-refractivity contribution >= 4 is 92.4 Å². The molecule has 27 heteroatoms. The molecule has 2 saturated heterocycles. The van der Waals surface area contributed by atoms with Crippen molar-refractivity contribution < 1.29 is 67.3 Å². The number of carbonyl (C=O) groups is 10. The van der Waals surface area contributed by atoms with Crippen molar-refractivity contribution in [1.29, 1.82) is 0 Å². The molecule has 8 rings (SSSR count). The number of nitrogens with zero attached hydrogens (tertiary/aromatic N) is 4. The minimum absolute atomic E-state index is 0.0151. The van der Waals surface area contributed by atoms with E-state index in [1.165, 1.54) is 0 Å². The maximum atomic E-state index is 13.7. The number of esters is 1. The van der Waals surface area contributed by atoms with Gasteiger partial charge < -0.3 is 61.2 Å². The molecule has 6 amide bonds. The molecule has 2 aliphatic heterocycles. The molecule has 0 aliphatic carbocycles. The van der Waals surface area contributed by atoms with Gasteiger partial charge in [-0.05, 0) is 141 Å². The first-order valence-electron chi connectivity index (χ1n) is 30.9. The van der Waals surface area contributed by atoms with Gasteiger partial charge in [-0.15, -0.1) is 11.6 Å². The first kappa shape index (κ1) is 72.7. The van der Waals surface area contributed by atoms with Gasteiger partial charge in [-0.2, -0.15) is 0 Å². The van der Waals surface area contributed by atoms with Gasteiger partial charge in [0, 0.05) is 46.7 Å². The molecule has 0 radical (unpaired) electrons. The Labute approximate surface area is 544 Å². The van der Waals surface area contributed by atoms with E-state index in [2.05, 4.69) is 61.8 Å². The van der Waals surface area contributed by atoms with Crippen LogP contribution < -0.4 is 41.4 Å². The molecule has 9 N–H and O–H groups in total. The number of aromatic nitrogens is 6. The number of hydrogen-bond donors (Lipinski definition) is 9. The van der Waals surface area contributed by atoms with Gasteiger partial charge in [0.25, 0.3) is 11.8 Å². The number of Topliss-reactive ketones (excluding diaryl/α,β-unsaturated/α-hetero) is 2. The number of rotatable bonds is 25. The summed E-state index contributed by atoms with van der Waals surface area (Å²) in [5, 5.41) is 26.9. The molecule has 2 aliphatic rings. The first-order valence-corrected chi connectivity index (χ1v) is 31.4. The Morgan fingerprint density at radius 3 is 1.34 bits per heavy atom. The van der Waals surface area contributed by atoms with Crippen LogP contribution in [0.2, 0.25) is 0 Å². The fourth-order valence-corrected chi connectivity index (χ4v) is 11.5. The number of piperidine rings is 2. The topological polar surface area (TPSA) is 374 Å². The number of H-pyrrole nitrogens is 2. The lowest BCUT2D eigenvalue weighted by Gasteiger charge is -2.28. The smallest absolute Gasteiger partial charge is 0.342 e. The van der Waals surface area contributed by atoms with E-state index in [9.17, 15) is 47.9 Å². The monoisotopic (exact) mass is 1300 g/mol. The van der Waals surface area contributed by atoms with Crippen molar-refractivity contribution in [2.24, 2.45) is 23.7 Å². The van der Waals surface area contributed by atoms with Gasteiger partial charge >= 0.3 is 11.9 Å². The zero-order valence-corrected chi connectivity index (χ0v) is 55.4. The van der Waals surface area contributed by atoms with Gasteiger partial charge in [0.05, 0.1) is 55.0 Å². The lowest BCUT2D eigenvalue weighted by atomic mass is 9.90. The number of aromatic carboxylic acids is 1. The number of carboxylic acids is 1. The summed E-state index contributed by atoms with van der Waals surface area (Å²) in [5.74, 6) is -3.77. The number of carboxylic acid groups (broad SMARTS) is 1. The Kier molecular flexibility index (Phi) is 26.5. The van der Waals surface area contributed by atoms with Crippen LogP contribution in [0.1, 0.15) is 155 Å². The van der Waals surface area contributed by atoms with Crippen LogP contribution in [0.15, 0.2) is 48.5 Å². The molecule has 6 aromatic rings. The zero-order chi connectivity index (χ0) is 68.4. The van der Waals surface area contributed by atoms with E-state index in [1.807, 2.05) is 45.9 Å². The number of hydrogen-bond acceptors (Lipinski definition) is 17. The van der Waals surface area contributed by atoms with Gasteiger partial charge in [0.1, 0.15) is 57.7 Å². The maximum absolute atomic E-state index is 13.7. The van der Waals surface area contributed by atoms with Crippen LogP contribution in [-0.2, 0) is 33.5 Å². The van der Waals surface area contributed by atoms with E-state index >= 15 is 0 Å². The Morgan fingerprint density at radius 2 is 0.978 bits per heavy atom. The number of aryl methyl sites for hydroxylation is 6. The van der Waals surface area contributed by atoms with E-state index in [-0.39, 0.29) is 77.3 Å². The fourth-order valence-electron chi connectivity index (χ4n) is 11.3. The third-order valence-corrected chi connectivity index (χ3v) is 16.0. The number of nitrogens with one attached hydrogen (secondary N) is 8. The van der Waals surface area contributed by atoms with Crippen LogP contribution in [0.5, 0.6) is 11.5 Å². The summed E-state index contributed by atoms with van der Waals surface area (Å²) in [4.78, 5) is 150. The predicted molar refractivity (Wildman–Crippen MR) is 346 cm³/mol. The lowest BCUT2D eigenvalue weighted by molar-refractivity contribution is -0.133. The number of halogens is 1. The average molecular weight is 1310 g/mol. The van der Waals surface area contributed by atoms with Crippen LogP contribution in [0.3, 0.4) is 0 Å². The summed E-state index contributed by atoms with van der Waals surface area (Å²) in [5.41, 5.74) is 4.23. The second-order valence-electron chi connectivity index (χ2n) is 24.0. The second kappa shape index (κ2) is 33.8. The first-order chi connectivity index (χ1) is 44.1. The average Bonchev–Trinajstić information content (AvgIpc) is 1.72. The summed E-state index contributed by atoms with van der Waals surface area (Å²) in [6.07, 6.45) is 3.57. The normalized spacial score (nSPS) is 15.8. The molecule has 2 aromatic carbocycles.